The molecule has 0 fully saturated rings. The van der Waals surface area contributed by atoms with Crippen molar-refractivity contribution in [2.75, 3.05) is 27.2 Å². The van der Waals surface area contributed by atoms with Crippen molar-refractivity contribution in [3.63, 3.8) is 0 Å². The van der Waals surface area contributed by atoms with Crippen molar-refractivity contribution in [2.45, 2.75) is 0 Å². The van der Waals surface area contributed by atoms with Gasteiger partial charge < -0.3 is 9.47 Å². The molecule has 0 rings (SSSR count). The van der Waals surface area contributed by atoms with E-state index in [0.29, 0.717) is 0 Å². The number of nitrogens with one attached hydrogen (secondary N) is 1. The van der Waals surface area contributed by atoms with E-state index in [1.807, 2.05) is 0 Å². The molecule has 0 spiro atoms. The second-order valence-corrected chi connectivity index (χ2v) is 1.36. The third kappa shape index (κ3) is 5.35. The van der Waals surface area contributed by atoms with Crippen LogP contribution in [-0.4, -0.2) is 39.2 Å². The van der Waals surface area contributed by atoms with Gasteiger partial charge in [0.2, 0.25) is 0 Å². The van der Waals surface area contributed by atoms with Crippen molar-refractivity contribution in [3.05, 3.63) is 0 Å². The zero-order chi connectivity index (χ0) is 12.3. The van der Waals surface area contributed by atoms with E-state index in [9.17, 15) is 9.59 Å². The number of ether oxygens (including phenoxy) is 2. The summed E-state index contributed by atoms with van der Waals surface area (Å²) in [6, 6.07) is 0. The summed E-state index contributed by atoms with van der Waals surface area (Å²) in [7, 11) is 1.88. The summed E-state index contributed by atoms with van der Waals surface area (Å²) in [5.41, 5.74) is 0. The quantitative estimate of drug-likeness (QED) is 0.537. The van der Waals surface area contributed by atoms with Gasteiger partial charge in [-0.05, 0) is 0 Å². The predicted octanol–water partition coefficient (Wildman–Crippen LogP) is -1.08. The van der Waals surface area contributed by atoms with Gasteiger partial charge in [-0.3, -0.25) is 14.9 Å². The van der Waals surface area contributed by atoms with Gasteiger partial charge in [0.25, 0.3) is 0 Å². The summed E-state index contributed by atoms with van der Waals surface area (Å²) in [6.07, 6.45) is 0. The maximum absolute atomic E-state index is 10.8. The molecular weight excluding hydrogens is 150 g/mol. The van der Waals surface area contributed by atoms with Gasteiger partial charge in [-0.2, -0.15) is 0 Å². The Hall–Kier alpha value is -1.10. The Morgan fingerprint density at radius 2 is 1.64 bits per heavy atom. The molecule has 0 bridgehead atoms. The van der Waals surface area contributed by atoms with Crippen molar-refractivity contribution in [1.82, 2.24) is 5.32 Å². The van der Waals surface area contributed by atoms with Gasteiger partial charge in [0.05, 0.1) is 32.7 Å². The smallest absolute Gasteiger partial charge is 0.319 e. The molecule has 0 aliphatic heterocycles. The first-order chi connectivity index (χ1) is 6.67. The van der Waals surface area contributed by atoms with Gasteiger partial charge in [0.15, 0.2) is 0 Å². The fraction of sp³-hybridized carbons (Fsp3) is 0.667. The van der Waals surface area contributed by atoms with Gasteiger partial charge in [-0.25, -0.2) is 0 Å². The summed E-state index contributed by atoms with van der Waals surface area (Å²) in [4.78, 5) is 21.7. The lowest BCUT2D eigenvalue weighted by Crippen LogP contribution is -2.29. The van der Waals surface area contributed by atoms with Crippen LogP contribution in [0.2, 0.25) is 0 Å². The minimum Gasteiger partial charge on any atom is -0.468 e. The molecule has 0 saturated carbocycles. The first-order valence-corrected chi connectivity index (χ1v) is 2.63. The van der Waals surface area contributed by atoms with Gasteiger partial charge in [-0.1, -0.05) is 0 Å². The Bertz CT molecular complexity index is 242. The molecule has 1 N–H and O–H groups in total. The molecule has 0 aliphatic carbocycles. The summed E-state index contributed by atoms with van der Waals surface area (Å²) in [6.45, 7) is -5.63. The Balaban J connectivity index is 4.71. The summed E-state index contributed by atoms with van der Waals surface area (Å²) >= 11 is 0. The van der Waals surface area contributed by atoms with E-state index < -0.39 is 24.9 Å². The SMILES string of the molecule is [2H]C([2H])(NC([2H])([2H])C(=O)OC)C(=O)OC. The van der Waals surface area contributed by atoms with E-state index >= 15 is 0 Å². The molecule has 0 unspecified atom stereocenters. The molecule has 5 heteroatoms. The standard InChI is InChI=1S/C6H11NO4/c1-10-5(8)3-7-4-6(9)11-2/h7H,3-4H2,1-2H3/i3D2,4D2. The molecule has 5 nitrogen and oxygen atoms in total. The number of carbonyl (C=O) groups excluding carboxylic acids is 2. The highest BCUT2D eigenvalue weighted by Crippen LogP contribution is 1.72. The molecule has 0 atom stereocenters. The van der Waals surface area contributed by atoms with Crippen molar-refractivity contribution in [3.8, 4) is 0 Å². The fourth-order valence-corrected chi connectivity index (χ4v) is 0.235. The summed E-state index contributed by atoms with van der Waals surface area (Å²) < 4.78 is 36.5. The minimum atomic E-state index is -2.81. The second kappa shape index (κ2) is 5.67. The average molecular weight is 165 g/mol. The Morgan fingerprint density at radius 3 is 1.91 bits per heavy atom. The van der Waals surface area contributed by atoms with Crippen LogP contribution in [-0.2, 0) is 19.1 Å². The molecule has 64 valence electrons. The van der Waals surface area contributed by atoms with E-state index in [-0.39, 0.29) is 0 Å². The van der Waals surface area contributed by atoms with Crippen LogP contribution in [0.5, 0.6) is 0 Å². The number of hydrogen-bond acceptors (Lipinski definition) is 5. The fourth-order valence-electron chi connectivity index (χ4n) is 0.235. The molecule has 0 saturated heterocycles. The van der Waals surface area contributed by atoms with Crippen molar-refractivity contribution < 1.29 is 24.5 Å². The topological polar surface area (TPSA) is 64.6 Å². The Labute approximate surface area is 70.3 Å². The number of hydrogen-bond donors (Lipinski definition) is 1. The third-order valence-electron chi connectivity index (χ3n) is 0.700. The van der Waals surface area contributed by atoms with Crippen LogP contribution in [0.15, 0.2) is 0 Å². The van der Waals surface area contributed by atoms with Crippen LogP contribution in [0.1, 0.15) is 5.48 Å². The minimum absolute atomic E-state index is 0.940. The molecule has 0 aromatic carbocycles. The Kier molecular flexibility index (Phi) is 2.43. The number of carbonyl (C=O) groups is 2. The maximum Gasteiger partial charge on any atom is 0.319 e. The number of methoxy groups -OCH3 is 2. The maximum atomic E-state index is 10.8. The number of esters is 2. The van der Waals surface area contributed by atoms with Gasteiger partial charge >= 0.3 is 11.9 Å². The van der Waals surface area contributed by atoms with E-state index in [4.69, 9.17) is 5.48 Å². The molecule has 0 heterocycles. The molecule has 11 heavy (non-hydrogen) atoms. The van der Waals surface area contributed by atoms with Crippen LogP contribution >= 0.6 is 0 Å². The van der Waals surface area contributed by atoms with Crippen LogP contribution < -0.4 is 5.32 Å². The molecule has 0 amide bonds. The second-order valence-electron chi connectivity index (χ2n) is 1.36. The van der Waals surface area contributed by atoms with E-state index in [1.165, 1.54) is 0 Å². The van der Waals surface area contributed by atoms with Crippen molar-refractivity contribution >= 4 is 11.9 Å². The van der Waals surface area contributed by atoms with Gasteiger partial charge in [0, 0.05) is 0 Å². The van der Waals surface area contributed by atoms with Crippen LogP contribution in [0.4, 0.5) is 0 Å². The molecule has 0 aromatic heterocycles. The molecule has 0 radical (unpaired) electrons. The molecule has 0 aliphatic rings. The first-order valence-electron chi connectivity index (χ1n) is 4.63. The number of rotatable bonds is 4. The largest absolute Gasteiger partial charge is 0.468 e. The zero-order valence-electron chi connectivity index (χ0n) is 10.1. The lowest BCUT2D eigenvalue weighted by Gasteiger charge is -2.00. The third-order valence-corrected chi connectivity index (χ3v) is 0.700. The lowest BCUT2D eigenvalue weighted by atomic mass is 10.6. The first kappa shape index (κ1) is 4.71. The summed E-state index contributed by atoms with van der Waals surface area (Å²) in [5.74, 6) is -2.68. The van der Waals surface area contributed by atoms with E-state index in [2.05, 4.69) is 9.47 Å². The predicted molar refractivity (Wildman–Crippen MR) is 36.9 cm³/mol. The van der Waals surface area contributed by atoms with Crippen LogP contribution in [0.25, 0.3) is 0 Å². The highest BCUT2D eigenvalue weighted by molar-refractivity contribution is 5.74. The monoisotopic (exact) mass is 165 g/mol. The van der Waals surface area contributed by atoms with E-state index in [1.54, 1.807) is 5.32 Å². The normalized spacial score (nSPS) is 16.9. The highest BCUT2D eigenvalue weighted by Gasteiger charge is 2.01. The highest BCUT2D eigenvalue weighted by atomic mass is 16.5. The van der Waals surface area contributed by atoms with Crippen molar-refractivity contribution in [2.24, 2.45) is 0 Å². The summed E-state index contributed by atoms with van der Waals surface area (Å²) in [5, 5.41) is 1.55. The van der Waals surface area contributed by atoms with Crippen LogP contribution in [0, 0.1) is 0 Å². The molecule has 0 aromatic rings. The zero-order valence-corrected chi connectivity index (χ0v) is 6.13. The van der Waals surface area contributed by atoms with Crippen LogP contribution in [0.3, 0.4) is 0 Å². The van der Waals surface area contributed by atoms with E-state index in [0.717, 1.165) is 14.2 Å². The van der Waals surface area contributed by atoms with Gasteiger partial charge in [0.1, 0.15) is 0 Å². The average Bonchev–Trinajstić information content (AvgIpc) is 2.13. The van der Waals surface area contributed by atoms with Gasteiger partial charge in [-0.15, -0.1) is 0 Å². The molecular formula is C6H11NO4. The Morgan fingerprint density at radius 1 is 1.27 bits per heavy atom. The lowest BCUT2D eigenvalue weighted by molar-refractivity contribution is -0.141. The van der Waals surface area contributed by atoms with Crippen molar-refractivity contribution in [1.29, 1.82) is 0 Å².